The molecule has 1 saturated carbocycles. The van der Waals surface area contributed by atoms with Crippen molar-refractivity contribution < 1.29 is 9.59 Å². The van der Waals surface area contributed by atoms with Crippen molar-refractivity contribution in [3.8, 4) is 0 Å². The lowest BCUT2D eigenvalue weighted by atomic mass is 9.85. The number of carbonyl (C=O) groups excluding carboxylic acids is 2. The van der Waals surface area contributed by atoms with Crippen LogP contribution in [0.4, 0.5) is 11.4 Å². The van der Waals surface area contributed by atoms with Crippen molar-refractivity contribution in [1.82, 2.24) is 0 Å². The molecule has 0 saturated heterocycles. The predicted molar refractivity (Wildman–Crippen MR) is 89.2 cm³/mol. The monoisotopic (exact) mass is 323 g/mol. The zero-order valence-corrected chi connectivity index (χ0v) is 13.2. The molecular weight excluding hydrogens is 302 g/mol. The molecule has 5 nitrogen and oxygen atoms in total. The van der Waals surface area contributed by atoms with Crippen LogP contribution < -0.4 is 16.4 Å². The first-order valence-electron chi connectivity index (χ1n) is 7.61. The summed E-state index contributed by atoms with van der Waals surface area (Å²) in [5, 5.41) is 5.83. The normalized spacial score (nSPS) is 23.8. The third-order valence-corrected chi connectivity index (χ3v) is 4.35. The van der Waals surface area contributed by atoms with Gasteiger partial charge in [0.1, 0.15) is 0 Å². The second kappa shape index (κ2) is 7.11. The Morgan fingerprint density at radius 1 is 1.27 bits per heavy atom. The molecule has 4 N–H and O–H groups in total. The molecule has 1 fully saturated rings. The highest BCUT2D eigenvalue weighted by Crippen LogP contribution is 2.28. The molecule has 1 aromatic carbocycles. The molecule has 0 bridgehead atoms. The average Bonchev–Trinajstić information content (AvgIpc) is 2.47. The molecule has 3 rings (SSSR count). The van der Waals surface area contributed by atoms with Crippen LogP contribution in [0.5, 0.6) is 0 Å². The maximum Gasteiger partial charge on any atom is 0.227 e. The van der Waals surface area contributed by atoms with Crippen LogP contribution >= 0.6 is 12.4 Å². The van der Waals surface area contributed by atoms with Gasteiger partial charge >= 0.3 is 0 Å². The number of rotatable bonds is 2. The van der Waals surface area contributed by atoms with Crippen molar-refractivity contribution in [2.75, 3.05) is 10.6 Å². The van der Waals surface area contributed by atoms with Crippen LogP contribution in [0.1, 0.15) is 37.7 Å². The van der Waals surface area contributed by atoms with E-state index < -0.39 is 0 Å². The molecule has 0 aromatic heterocycles. The Kier molecular flexibility index (Phi) is 5.42. The number of benzene rings is 1. The number of nitrogens with one attached hydrogen (secondary N) is 2. The largest absolute Gasteiger partial charge is 0.328 e. The van der Waals surface area contributed by atoms with Crippen LogP contribution in [0.3, 0.4) is 0 Å². The first kappa shape index (κ1) is 16.8. The minimum absolute atomic E-state index is 0. The molecule has 1 heterocycles. The maximum absolute atomic E-state index is 12.3. The van der Waals surface area contributed by atoms with E-state index in [1.165, 1.54) is 0 Å². The second-order valence-electron chi connectivity index (χ2n) is 6.03. The summed E-state index contributed by atoms with van der Waals surface area (Å²) >= 11 is 0. The number of amides is 2. The number of hydrogen-bond donors (Lipinski definition) is 3. The van der Waals surface area contributed by atoms with Crippen LogP contribution in [0, 0.1) is 5.92 Å². The molecular formula is C16H22ClN3O2. The summed E-state index contributed by atoms with van der Waals surface area (Å²) in [6.45, 7) is 0. The van der Waals surface area contributed by atoms with Crippen molar-refractivity contribution in [2.45, 2.75) is 44.6 Å². The third-order valence-electron chi connectivity index (χ3n) is 4.35. The number of anilines is 2. The summed E-state index contributed by atoms with van der Waals surface area (Å²) in [5.74, 6) is 0.130. The molecule has 6 heteroatoms. The predicted octanol–water partition coefficient (Wildman–Crippen LogP) is 2.45. The Balaban J connectivity index is 0.00000176. The SMILES string of the molecule is Cl.NC1CCCC(C(=O)Nc2ccc3c(c2)CCC(=O)N3)C1. The molecule has 22 heavy (non-hydrogen) atoms. The van der Waals surface area contributed by atoms with Crippen molar-refractivity contribution in [1.29, 1.82) is 0 Å². The van der Waals surface area contributed by atoms with Gasteiger partial charge in [-0.05, 0) is 49.4 Å². The van der Waals surface area contributed by atoms with Gasteiger partial charge < -0.3 is 16.4 Å². The van der Waals surface area contributed by atoms with E-state index in [2.05, 4.69) is 10.6 Å². The summed E-state index contributed by atoms with van der Waals surface area (Å²) in [4.78, 5) is 23.6. The molecule has 2 unspecified atom stereocenters. The number of aryl methyl sites for hydroxylation is 1. The Labute approximate surface area is 136 Å². The molecule has 1 aliphatic carbocycles. The quantitative estimate of drug-likeness (QED) is 0.781. The molecule has 2 amide bonds. The molecule has 2 atom stereocenters. The van der Waals surface area contributed by atoms with Gasteiger partial charge in [-0.25, -0.2) is 0 Å². The van der Waals surface area contributed by atoms with Gasteiger partial charge in [-0.3, -0.25) is 9.59 Å². The summed E-state index contributed by atoms with van der Waals surface area (Å²) in [5.41, 5.74) is 8.67. The van der Waals surface area contributed by atoms with E-state index in [4.69, 9.17) is 5.73 Å². The van der Waals surface area contributed by atoms with Crippen LogP contribution in [0.15, 0.2) is 18.2 Å². The summed E-state index contributed by atoms with van der Waals surface area (Å²) < 4.78 is 0. The minimum Gasteiger partial charge on any atom is -0.328 e. The zero-order chi connectivity index (χ0) is 14.8. The number of fused-ring (bicyclic) bond motifs is 1. The van der Waals surface area contributed by atoms with Crippen LogP contribution in [-0.2, 0) is 16.0 Å². The lowest BCUT2D eigenvalue weighted by Gasteiger charge is -2.26. The third kappa shape index (κ3) is 3.78. The highest BCUT2D eigenvalue weighted by Gasteiger charge is 2.25. The number of carbonyl (C=O) groups is 2. The van der Waals surface area contributed by atoms with Crippen LogP contribution in [0.2, 0.25) is 0 Å². The van der Waals surface area contributed by atoms with Gasteiger partial charge in [0, 0.05) is 29.8 Å². The van der Waals surface area contributed by atoms with Gasteiger partial charge in [0.2, 0.25) is 11.8 Å². The first-order valence-corrected chi connectivity index (χ1v) is 7.61. The summed E-state index contributed by atoms with van der Waals surface area (Å²) in [7, 11) is 0. The maximum atomic E-state index is 12.3. The summed E-state index contributed by atoms with van der Waals surface area (Å²) in [6, 6.07) is 5.79. The van der Waals surface area contributed by atoms with Crippen molar-refractivity contribution >= 4 is 35.6 Å². The highest BCUT2D eigenvalue weighted by atomic mass is 35.5. The highest BCUT2D eigenvalue weighted by molar-refractivity contribution is 5.96. The van der Waals surface area contributed by atoms with Gasteiger partial charge in [-0.2, -0.15) is 0 Å². The van der Waals surface area contributed by atoms with Gasteiger partial charge in [0.05, 0.1) is 0 Å². The topological polar surface area (TPSA) is 84.2 Å². The Morgan fingerprint density at radius 2 is 2.09 bits per heavy atom. The molecule has 1 aromatic rings. The zero-order valence-electron chi connectivity index (χ0n) is 12.4. The fourth-order valence-electron chi connectivity index (χ4n) is 3.17. The van der Waals surface area contributed by atoms with Crippen LogP contribution in [0.25, 0.3) is 0 Å². The van der Waals surface area contributed by atoms with E-state index in [9.17, 15) is 9.59 Å². The van der Waals surface area contributed by atoms with E-state index in [0.717, 1.165) is 49.0 Å². The number of hydrogen-bond acceptors (Lipinski definition) is 3. The van der Waals surface area contributed by atoms with E-state index in [1.807, 2.05) is 18.2 Å². The number of nitrogens with two attached hydrogens (primary N) is 1. The van der Waals surface area contributed by atoms with Crippen molar-refractivity contribution in [2.24, 2.45) is 11.7 Å². The van der Waals surface area contributed by atoms with Gasteiger partial charge in [0.15, 0.2) is 0 Å². The lowest BCUT2D eigenvalue weighted by molar-refractivity contribution is -0.121. The lowest BCUT2D eigenvalue weighted by Crippen LogP contribution is -2.34. The Hall–Kier alpha value is -1.59. The molecule has 0 spiro atoms. The minimum atomic E-state index is 0. The van der Waals surface area contributed by atoms with Crippen molar-refractivity contribution in [3.63, 3.8) is 0 Å². The second-order valence-corrected chi connectivity index (χ2v) is 6.03. The molecule has 120 valence electrons. The Morgan fingerprint density at radius 3 is 2.86 bits per heavy atom. The smallest absolute Gasteiger partial charge is 0.227 e. The standard InChI is InChI=1S/C16H21N3O2.ClH/c17-12-3-1-2-11(8-12)16(21)18-13-5-6-14-10(9-13)4-7-15(20)19-14;/h5-6,9,11-12H,1-4,7-8,17H2,(H,18,21)(H,19,20);1H. The average molecular weight is 324 g/mol. The molecule has 1 aliphatic heterocycles. The van der Waals surface area contributed by atoms with E-state index in [-0.39, 0.29) is 36.2 Å². The molecule has 2 aliphatic rings. The van der Waals surface area contributed by atoms with Gasteiger partial charge in [-0.15, -0.1) is 12.4 Å². The van der Waals surface area contributed by atoms with Gasteiger partial charge in [-0.1, -0.05) is 6.42 Å². The van der Waals surface area contributed by atoms with E-state index in [1.54, 1.807) is 0 Å². The van der Waals surface area contributed by atoms with E-state index in [0.29, 0.717) is 6.42 Å². The van der Waals surface area contributed by atoms with Crippen LogP contribution in [-0.4, -0.2) is 17.9 Å². The first-order chi connectivity index (χ1) is 10.1. The molecule has 0 radical (unpaired) electrons. The fourth-order valence-corrected chi connectivity index (χ4v) is 3.17. The number of halogens is 1. The Bertz CT molecular complexity index is 577. The van der Waals surface area contributed by atoms with Gasteiger partial charge in [0.25, 0.3) is 0 Å². The fraction of sp³-hybridized carbons (Fsp3) is 0.500. The van der Waals surface area contributed by atoms with Crippen molar-refractivity contribution in [3.05, 3.63) is 23.8 Å². The summed E-state index contributed by atoms with van der Waals surface area (Å²) in [6.07, 6.45) is 4.95. The van der Waals surface area contributed by atoms with E-state index >= 15 is 0 Å².